The lowest BCUT2D eigenvalue weighted by Gasteiger charge is -2.29. The summed E-state index contributed by atoms with van der Waals surface area (Å²) in [5.41, 5.74) is -0.216. The maximum atomic E-state index is 12.0. The van der Waals surface area contributed by atoms with Gasteiger partial charge in [0.05, 0.1) is 6.04 Å². The first-order valence-corrected chi connectivity index (χ1v) is 7.60. The van der Waals surface area contributed by atoms with Crippen LogP contribution in [0.5, 0.6) is 0 Å². The molecule has 1 saturated carbocycles. The van der Waals surface area contributed by atoms with E-state index < -0.39 is 0 Å². The van der Waals surface area contributed by atoms with E-state index in [1.54, 1.807) is 6.92 Å². The fourth-order valence-corrected chi connectivity index (χ4v) is 2.97. The molecule has 0 aromatic rings. The maximum Gasteiger partial charge on any atom is 0.220 e. The van der Waals surface area contributed by atoms with Crippen molar-refractivity contribution in [3.05, 3.63) is 0 Å². The summed E-state index contributed by atoms with van der Waals surface area (Å²) < 4.78 is 0. The van der Waals surface area contributed by atoms with Crippen LogP contribution in [0.25, 0.3) is 0 Å². The number of hydrogen-bond donors (Lipinski definition) is 1. The Morgan fingerprint density at radius 2 is 1.74 bits per heavy atom. The van der Waals surface area contributed by atoms with Crippen LogP contribution >= 0.6 is 0 Å². The van der Waals surface area contributed by atoms with Gasteiger partial charge in [0.15, 0.2) is 5.78 Å². The minimum Gasteiger partial charge on any atom is -0.346 e. The molecule has 3 nitrogen and oxygen atoms in total. The molecular weight excluding hydrogens is 238 g/mol. The summed E-state index contributed by atoms with van der Waals surface area (Å²) in [4.78, 5) is 23.6. The molecule has 1 rings (SSSR count). The Hall–Kier alpha value is -0.860. The van der Waals surface area contributed by atoms with Crippen LogP contribution in [0.15, 0.2) is 0 Å². The fraction of sp³-hybridized carbons (Fsp3) is 0.875. The smallest absolute Gasteiger partial charge is 0.220 e. The van der Waals surface area contributed by atoms with Crippen molar-refractivity contribution in [3.63, 3.8) is 0 Å². The van der Waals surface area contributed by atoms with Crippen LogP contribution in [0.4, 0.5) is 0 Å². The highest BCUT2D eigenvalue weighted by Crippen LogP contribution is 2.27. The zero-order valence-electron chi connectivity index (χ0n) is 12.9. The summed E-state index contributed by atoms with van der Waals surface area (Å²) in [6.07, 6.45) is 8.03. The number of hydrogen-bond acceptors (Lipinski definition) is 2. The normalized spacial score (nSPS) is 18.9. The third-order valence-electron chi connectivity index (χ3n) is 4.08. The molecular formula is C16H29NO2. The second kappa shape index (κ2) is 7.06. The number of rotatable bonds is 5. The second-order valence-corrected chi connectivity index (χ2v) is 7.02. The summed E-state index contributed by atoms with van der Waals surface area (Å²) in [7, 11) is 0. The molecule has 0 aliphatic heterocycles. The van der Waals surface area contributed by atoms with Crippen molar-refractivity contribution in [2.75, 3.05) is 0 Å². The number of nitrogens with one attached hydrogen (secondary N) is 1. The van der Waals surface area contributed by atoms with Crippen molar-refractivity contribution in [2.45, 2.75) is 78.7 Å². The standard InChI is InChI=1S/C16H29NO2/c1-12(18)15(16(2,3)4)17-14(19)11-10-13-8-6-5-7-9-13/h13,15H,5-11H2,1-4H3,(H,17,19). The molecule has 1 aliphatic rings. The van der Waals surface area contributed by atoms with Crippen molar-refractivity contribution >= 4 is 11.7 Å². The molecule has 1 aliphatic carbocycles. The molecule has 0 aromatic carbocycles. The van der Waals surface area contributed by atoms with Gasteiger partial charge in [0.1, 0.15) is 0 Å². The van der Waals surface area contributed by atoms with Gasteiger partial charge in [-0.05, 0) is 24.7 Å². The van der Waals surface area contributed by atoms with E-state index in [0.29, 0.717) is 12.3 Å². The van der Waals surface area contributed by atoms with Gasteiger partial charge in [-0.3, -0.25) is 9.59 Å². The minimum absolute atomic E-state index is 0.0284. The minimum atomic E-state index is -0.369. The van der Waals surface area contributed by atoms with Gasteiger partial charge >= 0.3 is 0 Å². The number of Topliss-reactive ketones (excluding diaryl/α,β-unsaturated/α-hetero) is 1. The Balaban J connectivity index is 2.38. The Morgan fingerprint density at radius 1 is 1.16 bits per heavy atom. The second-order valence-electron chi connectivity index (χ2n) is 7.02. The van der Waals surface area contributed by atoms with Crippen LogP contribution in [0.2, 0.25) is 0 Å². The molecule has 110 valence electrons. The van der Waals surface area contributed by atoms with E-state index >= 15 is 0 Å². The van der Waals surface area contributed by atoms with Gasteiger partial charge in [0, 0.05) is 6.42 Å². The number of carbonyl (C=O) groups excluding carboxylic acids is 2. The molecule has 0 heterocycles. The lowest BCUT2D eigenvalue weighted by atomic mass is 9.84. The Labute approximate surface area is 117 Å². The van der Waals surface area contributed by atoms with Gasteiger partial charge in [-0.2, -0.15) is 0 Å². The third kappa shape index (κ3) is 5.75. The summed E-state index contributed by atoms with van der Waals surface area (Å²) in [5.74, 6) is 0.782. The van der Waals surface area contributed by atoms with Crippen LogP contribution in [-0.2, 0) is 9.59 Å². The largest absolute Gasteiger partial charge is 0.346 e. The lowest BCUT2D eigenvalue weighted by Crippen LogP contribution is -2.48. The van der Waals surface area contributed by atoms with Crippen LogP contribution in [0, 0.1) is 11.3 Å². The average Bonchev–Trinajstić information content (AvgIpc) is 2.33. The molecule has 0 radical (unpaired) electrons. The summed E-state index contributed by atoms with van der Waals surface area (Å²) in [6, 6.07) is -0.369. The predicted octanol–water partition coefficient (Wildman–Crippen LogP) is 3.47. The number of ketones is 1. The molecule has 1 fully saturated rings. The van der Waals surface area contributed by atoms with Crippen LogP contribution in [0.1, 0.15) is 72.6 Å². The van der Waals surface area contributed by atoms with Gasteiger partial charge in [-0.25, -0.2) is 0 Å². The van der Waals surface area contributed by atoms with Crippen LogP contribution < -0.4 is 5.32 Å². The molecule has 1 N–H and O–H groups in total. The first kappa shape index (κ1) is 16.2. The van der Waals surface area contributed by atoms with E-state index in [2.05, 4.69) is 5.32 Å². The quantitative estimate of drug-likeness (QED) is 0.829. The van der Waals surface area contributed by atoms with E-state index in [-0.39, 0.29) is 23.1 Å². The van der Waals surface area contributed by atoms with E-state index in [1.807, 2.05) is 20.8 Å². The monoisotopic (exact) mass is 267 g/mol. The molecule has 0 spiro atoms. The lowest BCUT2D eigenvalue weighted by molar-refractivity contribution is -0.129. The molecule has 1 amide bonds. The van der Waals surface area contributed by atoms with Crippen molar-refractivity contribution in [1.29, 1.82) is 0 Å². The topological polar surface area (TPSA) is 46.2 Å². The van der Waals surface area contributed by atoms with E-state index in [1.165, 1.54) is 32.1 Å². The van der Waals surface area contributed by atoms with Crippen molar-refractivity contribution in [1.82, 2.24) is 5.32 Å². The van der Waals surface area contributed by atoms with Crippen LogP contribution in [-0.4, -0.2) is 17.7 Å². The van der Waals surface area contributed by atoms with Gasteiger partial charge in [-0.1, -0.05) is 52.9 Å². The van der Waals surface area contributed by atoms with E-state index in [9.17, 15) is 9.59 Å². The Morgan fingerprint density at radius 3 is 2.21 bits per heavy atom. The average molecular weight is 267 g/mol. The molecule has 0 aromatic heterocycles. The molecule has 1 unspecified atom stereocenters. The SMILES string of the molecule is CC(=O)C(NC(=O)CCC1CCCCC1)C(C)(C)C. The van der Waals surface area contributed by atoms with Crippen molar-refractivity contribution in [2.24, 2.45) is 11.3 Å². The Bertz CT molecular complexity index is 311. The van der Waals surface area contributed by atoms with Crippen LogP contribution in [0.3, 0.4) is 0 Å². The number of carbonyl (C=O) groups is 2. The third-order valence-corrected chi connectivity index (χ3v) is 4.08. The van der Waals surface area contributed by atoms with Gasteiger partial charge in [-0.15, -0.1) is 0 Å². The molecule has 3 heteroatoms. The summed E-state index contributed by atoms with van der Waals surface area (Å²) >= 11 is 0. The van der Waals surface area contributed by atoms with Crippen molar-refractivity contribution in [3.8, 4) is 0 Å². The Kier molecular flexibility index (Phi) is 6.02. The highest BCUT2D eigenvalue weighted by Gasteiger charge is 2.30. The maximum absolute atomic E-state index is 12.0. The van der Waals surface area contributed by atoms with Gasteiger partial charge < -0.3 is 5.32 Å². The first-order valence-electron chi connectivity index (χ1n) is 7.60. The predicted molar refractivity (Wildman–Crippen MR) is 77.9 cm³/mol. The van der Waals surface area contributed by atoms with E-state index in [0.717, 1.165) is 6.42 Å². The molecule has 0 saturated heterocycles. The zero-order valence-corrected chi connectivity index (χ0v) is 12.9. The first-order chi connectivity index (χ1) is 8.80. The molecule has 1 atom stereocenters. The van der Waals surface area contributed by atoms with Crippen molar-refractivity contribution < 1.29 is 9.59 Å². The summed E-state index contributed by atoms with van der Waals surface area (Å²) in [5, 5.41) is 2.91. The summed E-state index contributed by atoms with van der Waals surface area (Å²) in [6.45, 7) is 7.51. The van der Waals surface area contributed by atoms with Gasteiger partial charge in [0.2, 0.25) is 5.91 Å². The number of amides is 1. The fourth-order valence-electron chi connectivity index (χ4n) is 2.97. The van der Waals surface area contributed by atoms with Gasteiger partial charge in [0.25, 0.3) is 0 Å². The molecule has 0 bridgehead atoms. The van der Waals surface area contributed by atoms with E-state index in [4.69, 9.17) is 0 Å². The molecule has 19 heavy (non-hydrogen) atoms. The highest BCUT2D eigenvalue weighted by atomic mass is 16.2. The highest BCUT2D eigenvalue weighted by molar-refractivity contribution is 5.88. The zero-order chi connectivity index (χ0) is 14.5.